The molecule has 0 fully saturated rings. The van der Waals surface area contributed by atoms with Gasteiger partial charge >= 0.3 is 0 Å². The maximum Gasteiger partial charge on any atom is 0.293 e. The van der Waals surface area contributed by atoms with Crippen LogP contribution in [0.3, 0.4) is 0 Å². The van der Waals surface area contributed by atoms with E-state index in [4.69, 9.17) is 8.94 Å². The number of nitrogens with zero attached hydrogens (tertiary/aromatic N) is 6. The highest BCUT2D eigenvalue weighted by atomic mass is 16.5. The van der Waals surface area contributed by atoms with Gasteiger partial charge < -0.3 is 13.5 Å². The van der Waals surface area contributed by atoms with Gasteiger partial charge in [-0.05, 0) is 12.1 Å². The Morgan fingerprint density at radius 1 is 0.963 bits per heavy atom. The van der Waals surface area contributed by atoms with Crippen LogP contribution in [0.2, 0.25) is 0 Å². The van der Waals surface area contributed by atoms with Crippen LogP contribution in [0.5, 0.6) is 0 Å². The van der Waals surface area contributed by atoms with Crippen LogP contribution in [-0.4, -0.2) is 42.9 Å². The highest BCUT2D eigenvalue weighted by Gasteiger charge is 2.21. The van der Waals surface area contributed by atoms with Crippen molar-refractivity contribution < 1.29 is 8.94 Å². The van der Waals surface area contributed by atoms with E-state index in [1.807, 2.05) is 18.2 Å². The Kier molecular flexibility index (Phi) is 4.02. The smallest absolute Gasteiger partial charge is 0.293 e. The second-order valence-corrected chi connectivity index (χ2v) is 6.48. The van der Waals surface area contributed by atoms with Gasteiger partial charge in [0.05, 0.1) is 12.8 Å². The zero-order valence-electron chi connectivity index (χ0n) is 14.7. The van der Waals surface area contributed by atoms with Crippen molar-refractivity contribution in [2.45, 2.75) is 19.5 Å². The Balaban J connectivity index is 1.30. The van der Waals surface area contributed by atoms with Gasteiger partial charge in [0.25, 0.3) is 5.89 Å². The molecule has 0 spiro atoms. The van der Waals surface area contributed by atoms with Crippen molar-refractivity contribution in [2.24, 2.45) is 0 Å². The maximum atomic E-state index is 5.30. The lowest BCUT2D eigenvalue weighted by Gasteiger charge is -2.17. The molecular weight excluding hydrogens is 344 g/mol. The van der Waals surface area contributed by atoms with E-state index in [9.17, 15) is 0 Å². The van der Waals surface area contributed by atoms with Crippen LogP contribution in [0, 0.1) is 0 Å². The van der Waals surface area contributed by atoms with Crippen LogP contribution < -0.4 is 0 Å². The van der Waals surface area contributed by atoms with Gasteiger partial charge in [0.15, 0.2) is 17.4 Å². The molecule has 136 valence electrons. The third-order valence-electron chi connectivity index (χ3n) is 4.72. The van der Waals surface area contributed by atoms with E-state index in [1.54, 1.807) is 18.4 Å². The lowest BCUT2D eigenvalue weighted by Crippen LogP contribution is -2.27. The average Bonchev–Trinajstić information content (AvgIpc) is 3.43. The largest absolute Gasteiger partial charge is 0.459 e. The molecule has 0 atom stereocenters. The number of hydrogen-bond acceptors (Lipinski definition) is 7. The molecule has 3 aromatic heterocycles. The van der Waals surface area contributed by atoms with Crippen LogP contribution in [0.4, 0.5) is 0 Å². The number of fused-ring (bicyclic) bond motifs is 1. The zero-order valence-corrected chi connectivity index (χ0v) is 14.7. The molecule has 4 aromatic rings. The van der Waals surface area contributed by atoms with Crippen molar-refractivity contribution >= 4 is 0 Å². The molecule has 0 amide bonds. The molecule has 0 saturated carbocycles. The molecule has 0 aliphatic carbocycles. The summed E-state index contributed by atoms with van der Waals surface area (Å²) < 4.78 is 12.8. The first kappa shape index (κ1) is 16.0. The summed E-state index contributed by atoms with van der Waals surface area (Å²) >= 11 is 0. The summed E-state index contributed by atoms with van der Waals surface area (Å²) in [6, 6.07) is 13.8. The number of aromatic nitrogens is 5. The van der Waals surface area contributed by atoms with Crippen molar-refractivity contribution in [3.63, 3.8) is 0 Å². The lowest BCUT2D eigenvalue weighted by molar-refractivity contribution is 0.260. The first-order valence-corrected chi connectivity index (χ1v) is 8.93. The van der Waals surface area contributed by atoms with Crippen LogP contribution >= 0.6 is 0 Å². The normalized spacial score (nSPS) is 14.8. The third-order valence-corrected chi connectivity index (χ3v) is 4.72. The summed E-state index contributed by atoms with van der Waals surface area (Å²) in [4.78, 5) is 6.74. The first-order valence-electron chi connectivity index (χ1n) is 8.93. The molecule has 0 radical (unpaired) electrons. The molecule has 8 nitrogen and oxygen atoms in total. The highest BCUT2D eigenvalue weighted by Crippen LogP contribution is 2.21. The molecule has 1 aromatic carbocycles. The minimum absolute atomic E-state index is 0.410. The quantitative estimate of drug-likeness (QED) is 0.551. The molecule has 8 heteroatoms. The van der Waals surface area contributed by atoms with Gasteiger partial charge in [0.2, 0.25) is 0 Å². The van der Waals surface area contributed by atoms with E-state index < -0.39 is 0 Å². The standard InChI is InChI=1S/C19H18N6O2/c1-2-5-14(6-3-1)18-22-21-17-8-9-24(10-11-25(17)18)13-16-20-19(27-23-16)15-7-4-12-26-15/h1-7,12H,8-11,13H2. The molecule has 0 saturated heterocycles. The van der Waals surface area contributed by atoms with Crippen LogP contribution in [0.1, 0.15) is 11.6 Å². The highest BCUT2D eigenvalue weighted by molar-refractivity contribution is 5.55. The Morgan fingerprint density at radius 3 is 2.74 bits per heavy atom. The monoisotopic (exact) mass is 362 g/mol. The van der Waals surface area contributed by atoms with Crippen LogP contribution in [0.25, 0.3) is 23.0 Å². The Hall–Kier alpha value is -3.26. The first-order chi connectivity index (χ1) is 13.4. The molecule has 0 unspecified atom stereocenters. The third kappa shape index (κ3) is 3.15. The fourth-order valence-electron chi connectivity index (χ4n) is 3.34. The van der Waals surface area contributed by atoms with E-state index in [0.29, 0.717) is 24.0 Å². The van der Waals surface area contributed by atoms with Gasteiger partial charge in [-0.2, -0.15) is 4.98 Å². The molecule has 1 aliphatic heterocycles. The second kappa shape index (κ2) is 6.81. The summed E-state index contributed by atoms with van der Waals surface area (Å²) in [5.41, 5.74) is 1.09. The van der Waals surface area contributed by atoms with Gasteiger partial charge in [0, 0.05) is 31.6 Å². The summed E-state index contributed by atoms with van der Waals surface area (Å²) in [5, 5.41) is 12.9. The van der Waals surface area contributed by atoms with Gasteiger partial charge in [0.1, 0.15) is 5.82 Å². The average molecular weight is 362 g/mol. The van der Waals surface area contributed by atoms with Crippen LogP contribution in [-0.2, 0) is 19.5 Å². The van der Waals surface area contributed by atoms with Gasteiger partial charge in [-0.15, -0.1) is 10.2 Å². The fraction of sp³-hybridized carbons (Fsp3) is 0.263. The summed E-state index contributed by atoms with van der Waals surface area (Å²) in [6.45, 7) is 3.20. The Bertz CT molecular complexity index is 1020. The molecule has 5 rings (SSSR count). The minimum Gasteiger partial charge on any atom is -0.459 e. The predicted octanol–water partition coefficient (Wildman–Crippen LogP) is 2.65. The second-order valence-electron chi connectivity index (χ2n) is 6.48. The number of hydrogen-bond donors (Lipinski definition) is 0. The molecule has 0 N–H and O–H groups in total. The van der Waals surface area contributed by atoms with E-state index in [1.165, 1.54) is 0 Å². The van der Waals surface area contributed by atoms with Gasteiger partial charge in [-0.25, -0.2) is 0 Å². The fourth-order valence-corrected chi connectivity index (χ4v) is 3.34. The maximum absolute atomic E-state index is 5.30. The van der Waals surface area contributed by atoms with E-state index in [-0.39, 0.29) is 0 Å². The van der Waals surface area contributed by atoms with Crippen molar-refractivity contribution in [1.29, 1.82) is 0 Å². The SMILES string of the molecule is c1ccc(-c2nnc3n2CCN(Cc2noc(-c4ccco4)n2)CC3)cc1. The topological polar surface area (TPSA) is 86.0 Å². The zero-order chi connectivity index (χ0) is 18.1. The summed E-state index contributed by atoms with van der Waals surface area (Å²) in [6.07, 6.45) is 2.43. The van der Waals surface area contributed by atoms with Crippen molar-refractivity contribution in [2.75, 3.05) is 13.1 Å². The lowest BCUT2D eigenvalue weighted by atomic mass is 10.2. The molecule has 4 heterocycles. The molecule has 0 bridgehead atoms. The predicted molar refractivity (Wildman–Crippen MR) is 96.4 cm³/mol. The molecular formula is C19H18N6O2. The molecule has 1 aliphatic rings. The van der Waals surface area contributed by atoms with Gasteiger partial charge in [-0.3, -0.25) is 4.90 Å². The van der Waals surface area contributed by atoms with E-state index in [0.717, 1.165) is 43.3 Å². The van der Waals surface area contributed by atoms with Gasteiger partial charge in [-0.1, -0.05) is 35.5 Å². The number of rotatable bonds is 4. The Morgan fingerprint density at radius 2 is 1.89 bits per heavy atom. The minimum atomic E-state index is 0.410. The number of furan rings is 1. The van der Waals surface area contributed by atoms with Crippen molar-refractivity contribution in [3.8, 4) is 23.0 Å². The van der Waals surface area contributed by atoms with Crippen LogP contribution in [0.15, 0.2) is 57.7 Å². The van der Waals surface area contributed by atoms with E-state index >= 15 is 0 Å². The van der Waals surface area contributed by atoms with Crippen molar-refractivity contribution in [1.82, 2.24) is 29.8 Å². The Labute approximate surface area is 155 Å². The van der Waals surface area contributed by atoms with Crippen molar-refractivity contribution in [3.05, 3.63) is 60.4 Å². The summed E-state index contributed by atoms with van der Waals surface area (Å²) in [7, 11) is 0. The molecule has 27 heavy (non-hydrogen) atoms. The number of benzene rings is 1. The summed E-state index contributed by atoms with van der Waals surface area (Å²) in [5.74, 6) is 3.59. The van der Waals surface area contributed by atoms with E-state index in [2.05, 4.69) is 41.9 Å².